The number of nitro benzene ring substituents is 1. The number of carbonyl (C=O) groups excluding carboxylic acids is 1. The Kier molecular flexibility index (Phi) is 5.43. The lowest BCUT2D eigenvalue weighted by atomic mass is 10.2. The fourth-order valence-electron chi connectivity index (χ4n) is 2.29. The van der Waals surface area contributed by atoms with Gasteiger partial charge in [-0.15, -0.1) is 0 Å². The third-order valence-electron chi connectivity index (χ3n) is 3.69. The zero-order valence-corrected chi connectivity index (χ0v) is 14.9. The maximum Gasteiger partial charge on any atom is 0.271 e. The molecule has 134 valence electrons. The number of thiazole rings is 1. The van der Waals surface area contributed by atoms with E-state index in [0.29, 0.717) is 22.8 Å². The largest absolute Gasteiger partial charge is 0.494 e. The molecule has 0 unspecified atom stereocenters. The van der Waals surface area contributed by atoms with Crippen LogP contribution in [0.1, 0.15) is 30.1 Å². The molecule has 0 aliphatic rings. The van der Waals surface area contributed by atoms with Gasteiger partial charge in [-0.25, -0.2) is 4.98 Å². The van der Waals surface area contributed by atoms with Crippen molar-refractivity contribution in [1.82, 2.24) is 4.98 Å². The van der Waals surface area contributed by atoms with Crippen molar-refractivity contribution in [2.24, 2.45) is 0 Å². The highest BCUT2D eigenvalue weighted by Crippen LogP contribution is 2.29. The molecule has 7 nitrogen and oxygen atoms in total. The summed E-state index contributed by atoms with van der Waals surface area (Å²) >= 11 is 1.27. The van der Waals surface area contributed by atoms with Crippen molar-refractivity contribution in [3.63, 3.8) is 0 Å². The van der Waals surface area contributed by atoms with Crippen LogP contribution < -0.4 is 10.1 Å². The third kappa shape index (κ3) is 4.15. The minimum Gasteiger partial charge on any atom is -0.494 e. The second kappa shape index (κ2) is 7.92. The average molecular weight is 371 g/mol. The summed E-state index contributed by atoms with van der Waals surface area (Å²) < 4.78 is 6.34. The molecular formula is C18H17N3O4S. The molecule has 0 bridgehead atoms. The van der Waals surface area contributed by atoms with Gasteiger partial charge in [0.25, 0.3) is 11.6 Å². The number of nitrogens with zero attached hydrogens (tertiary/aromatic N) is 2. The molecule has 1 heterocycles. The molecule has 8 heteroatoms. The first-order valence-corrected chi connectivity index (χ1v) is 8.97. The number of fused-ring (bicyclic) bond motifs is 1. The molecule has 1 aromatic heterocycles. The predicted molar refractivity (Wildman–Crippen MR) is 101 cm³/mol. The number of carbonyl (C=O) groups is 1. The molecule has 3 rings (SSSR count). The Labute approximate surface area is 153 Å². The van der Waals surface area contributed by atoms with Gasteiger partial charge in [0.05, 0.1) is 21.7 Å². The van der Waals surface area contributed by atoms with Crippen LogP contribution in [0.2, 0.25) is 0 Å². The number of nitrogens with one attached hydrogen (secondary N) is 1. The van der Waals surface area contributed by atoms with Crippen molar-refractivity contribution in [3.8, 4) is 5.75 Å². The van der Waals surface area contributed by atoms with Gasteiger partial charge in [0, 0.05) is 17.7 Å². The van der Waals surface area contributed by atoms with E-state index in [1.54, 1.807) is 30.3 Å². The molecule has 0 radical (unpaired) electrons. The quantitative estimate of drug-likeness (QED) is 0.371. The lowest BCUT2D eigenvalue weighted by molar-refractivity contribution is -0.384. The highest BCUT2D eigenvalue weighted by atomic mass is 32.1. The molecule has 1 N–H and O–H groups in total. The third-order valence-corrected chi connectivity index (χ3v) is 4.64. The van der Waals surface area contributed by atoms with E-state index in [9.17, 15) is 14.9 Å². The SMILES string of the molecule is CCCCOc1ccc(C(=O)Nc2nc3cc([N+](=O)[O-])ccc3s2)cc1. The van der Waals surface area contributed by atoms with E-state index in [1.807, 2.05) is 0 Å². The van der Waals surface area contributed by atoms with Gasteiger partial charge < -0.3 is 4.74 Å². The summed E-state index contributed by atoms with van der Waals surface area (Å²) in [5.74, 6) is 0.431. The molecule has 0 aliphatic carbocycles. The molecule has 0 fully saturated rings. The van der Waals surface area contributed by atoms with Gasteiger partial charge in [0.2, 0.25) is 0 Å². The summed E-state index contributed by atoms with van der Waals surface area (Å²) in [5.41, 5.74) is 0.941. The highest BCUT2D eigenvalue weighted by molar-refractivity contribution is 7.22. The topological polar surface area (TPSA) is 94.4 Å². The lowest BCUT2D eigenvalue weighted by Gasteiger charge is -2.06. The summed E-state index contributed by atoms with van der Waals surface area (Å²) in [5, 5.41) is 13.9. The molecule has 0 saturated carbocycles. The van der Waals surface area contributed by atoms with E-state index >= 15 is 0 Å². The van der Waals surface area contributed by atoms with Crippen LogP contribution in [-0.2, 0) is 0 Å². The summed E-state index contributed by atoms with van der Waals surface area (Å²) in [6.45, 7) is 2.75. The Morgan fingerprint density at radius 3 is 2.73 bits per heavy atom. The Hall–Kier alpha value is -3.00. The van der Waals surface area contributed by atoms with Crippen LogP contribution in [0.15, 0.2) is 42.5 Å². The number of hydrogen-bond donors (Lipinski definition) is 1. The summed E-state index contributed by atoms with van der Waals surface area (Å²) in [4.78, 5) is 26.9. The van der Waals surface area contributed by atoms with Crippen molar-refractivity contribution in [1.29, 1.82) is 0 Å². The van der Waals surface area contributed by atoms with Crippen molar-refractivity contribution < 1.29 is 14.5 Å². The summed E-state index contributed by atoms with van der Waals surface area (Å²) in [7, 11) is 0. The second-order valence-corrected chi connectivity index (χ2v) is 6.64. The Balaban J connectivity index is 1.69. The Morgan fingerprint density at radius 1 is 1.27 bits per heavy atom. The number of amides is 1. The van der Waals surface area contributed by atoms with Gasteiger partial charge in [-0.3, -0.25) is 20.2 Å². The second-order valence-electron chi connectivity index (χ2n) is 5.61. The molecule has 3 aromatic rings. The summed E-state index contributed by atoms with van der Waals surface area (Å²) in [6, 6.07) is 11.3. The molecular weight excluding hydrogens is 354 g/mol. The van der Waals surface area contributed by atoms with E-state index < -0.39 is 4.92 Å². The first kappa shape index (κ1) is 17.8. The Bertz CT molecular complexity index is 937. The van der Waals surface area contributed by atoms with E-state index in [2.05, 4.69) is 17.2 Å². The maximum atomic E-state index is 12.3. The Morgan fingerprint density at radius 2 is 2.04 bits per heavy atom. The molecule has 0 aliphatic heterocycles. The normalized spacial score (nSPS) is 10.7. The molecule has 1 amide bonds. The number of benzene rings is 2. The number of anilines is 1. The van der Waals surface area contributed by atoms with Crippen molar-refractivity contribution in [2.45, 2.75) is 19.8 Å². The minimum atomic E-state index is -0.471. The number of unbranched alkanes of at least 4 members (excludes halogenated alkanes) is 1. The monoisotopic (exact) mass is 371 g/mol. The van der Waals surface area contributed by atoms with Crippen LogP contribution in [0.3, 0.4) is 0 Å². The fourth-order valence-corrected chi connectivity index (χ4v) is 3.13. The molecule has 2 aromatic carbocycles. The van der Waals surface area contributed by atoms with E-state index in [4.69, 9.17) is 4.74 Å². The first-order valence-electron chi connectivity index (χ1n) is 8.16. The molecule has 26 heavy (non-hydrogen) atoms. The fraction of sp³-hybridized carbons (Fsp3) is 0.222. The van der Waals surface area contributed by atoms with Gasteiger partial charge in [0.15, 0.2) is 5.13 Å². The molecule has 0 saturated heterocycles. The van der Waals surface area contributed by atoms with Crippen LogP contribution in [0, 0.1) is 10.1 Å². The number of nitro groups is 1. The van der Waals surface area contributed by atoms with Gasteiger partial charge in [-0.2, -0.15) is 0 Å². The van der Waals surface area contributed by atoms with Crippen LogP contribution >= 0.6 is 11.3 Å². The van der Waals surface area contributed by atoms with Gasteiger partial charge >= 0.3 is 0 Å². The van der Waals surface area contributed by atoms with Crippen LogP contribution in [0.5, 0.6) is 5.75 Å². The molecule has 0 atom stereocenters. The van der Waals surface area contributed by atoms with Crippen LogP contribution in [0.25, 0.3) is 10.2 Å². The predicted octanol–water partition coefficient (Wildman–Crippen LogP) is 4.64. The number of ether oxygens (including phenoxy) is 1. The number of rotatable bonds is 7. The van der Waals surface area contributed by atoms with E-state index in [-0.39, 0.29) is 11.6 Å². The van der Waals surface area contributed by atoms with Crippen molar-refractivity contribution in [3.05, 3.63) is 58.1 Å². The van der Waals surface area contributed by atoms with Crippen LogP contribution in [0.4, 0.5) is 10.8 Å². The van der Waals surface area contributed by atoms with Gasteiger partial charge in [-0.1, -0.05) is 24.7 Å². The standard InChI is InChI=1S/C18H17N3O4S/c1-2-3-10-25-14-7-4-12(5-8-14)17(22)20-18-19-15-11-13(21(23)24)6-9-16(15)26-18/h4-9,11H,2-3,10H2,1H3,(H,19,20,22). The van der Waals surface area contributed by atoms with E-state index in [1.165, 1.54) is 23.5 Å². The number of non-ortho nitro benzene ring substituents is 1. The zero-order chi connectivity index (χ0) is 18.5. The smallest absolute Gasteiger partial charge is 0.271 e. The van der Waals surface area contributed by atoms with Gasteiger partial charge in [0.1, 0.15) is 5.75 Å². The first-order chi connectivity index (χ1) is 12.6. The maximum absolute atomic E-state index is 12.3. The number of hydrogen-bond acceptors (Lipinski definition) is 6. The molecule has 0 spiro atoms. The van der Waals surface area contributed by atoms with Crippen molar-refractivity contribution >= 4 is 38.3 Å². The average Bonchev–Trinajstić information content (AvgIpc) is 3.03. The highest BCUT2D eigenvalue weighted by Gasteiger charge is 2.13. The lowest BCUT2D eigenvalue weighted by Crippen LogP contribution is -2.11. The number of aromatic nitrogens is 1. The van der Waals surface area contributed by atoms with Gasteiger partial charge in [-0.05, 0) is 36.8 Å². The summed E-state index contributed by atoms with van der Waals surface area (Å²) in [6.07, 6.45) is 2.05. The van der Waals surface area contributed by atoms with Crippen molar-refractivity contribution in [2.75, 3.05) is 11.9 Å². The zero-order valence-electron chi connectivity index (χ0n) is 14.1. The van der Waals surface area contributed by atoms with Crippen LogP contribution in [-0.4, -0.2) is 22.4 Å². The van der Waals surface area contributed by atoms with E-state index in [0.717, 1.165) is 23.3 Å². The minimum absolute atomic E-state index is 0.0284.